The molecule has 0 spiro atoms. The SMILES string of the molecule is CC(C)=CC1C(C)(C)[C@]1(Cc1cccc(Oc2ccccc2)c1)C(=O)O. The third-order valence-corrected chi connectivity index (χ3v) is 5.62. The van der Waals surface area contributed by atoms with Crippen LogP contribution in [0.5, 0.6) is 11.5 Å². The van der Waals surface area contributed by atoms with Crippen LogP contribution >= 0.6 is 0 Å². The topological polar surface area (TPSA) is 46.5 Å². The zero-order valence-electron chi connectivity index (χ0n) is 15.8. The average Bonchev–Trinajstić information content (AvgIpc) is 3.03. The highest BCUT2D eigenvalue weighted by molar-refractivity contribution is 5.82. The number of carbonyl (C=O) groups is 1. The molecule has 3 nitrogen and oxygen atoms in total. The third-order valence-electron chi connectivity index (χ3n) is 5.62. The first-order valence-electron chi connectivity index (χ1n) is 8.97. The first-order valence-corrected chi connectivity index (χ1v) is 8.97. The van der Waals surface area contributed by atoms with Crippen molar-refractivity contribution in [3.63, 3.8) is 0 Å². The molecule has 1 unspecified atom stereocenters. The maximum atomic E-state index is 12.2. The zero-order valence-corrected chi connectivity index (χ0v) is 15.8. The Morgan fingerprint density at radius 2 is 1.73 bits per heavy atom. The number of hydrogen-bond donors (Lipinski definition) is 1. The fourth-order valence-corrected chi connectivity index (χ4v) is 4.07. The van der Waals surface area contributed by atoms with E-state index in [9.17, 15) is 9.90 Å². The van der Waals surface area contributed by atoms with Gasteiger partial charge in [0.15, 0.2) is 0 Å². The van der Waals surface area contributed by atoms with Gasteiger partial charge in [0.25, 0.3) is 0 Å². The van der Waals surface area contributed by atoms with Gasteiger partial charge in [-0.25, -0.2) is 0 Å². The van der Waals surface area contributed by atoms with Gasteiger partial charge in [-0.15, -0.1) is 0 Å². The molecule has 0 radical (unpaired) electrons. The van der Waals surface area contributed by atoms with Crippen LogP contribution in [0.1, 0.15) is 33.3 Å². The first kappa shape index (κ1) is 18.2. The van der Waals surface area contributed by atoms with Gasteiger partial charge in [0.05, 0.1) is 5.41 Å². The van der Waals surface area contributed by atoms with Crippen molar-refractivity contribution in [1.29, 1.82) is 0 Å². The molecule has 0 aromatic heterocycles. The summed E-state index contributed by atoms with van der Waals surface area (Å²) in [6, 6.07) is 17.4. The maximum Gasteiger partial charge on any atom is 0.311 e. The van der Waals surface area contributed by atoms with Crippen LogP contribution < -0.4 is 4.74 Å². The summed E-state index contributed by atoms with van der Waals surface area (Å²) < 4.78 is 5.90. The summed E-state index contributed by atoms with van der Waals surface area (Å²) in [5, 5.41) is 10.0. The number of ether oxygens (including phenoxy) is 1. The predicted octanol–water partition coefficient (Wildman–Crippen LogP) is 5.71. The number of hydrogen-bond acceptors (Lipinski definition) is 2. The molecule has 2 aromatic rings. The van der Waals surface area contributed by atoms with E-state index in [0.29, 0.717) is 6.42 Å². The number of aliphatic carboxylic acids is 1. The molecule has 1 aliphatic rings. The van der Waals surface area contributed by atoms with E-state index in [1.807, 2.05) is 68.4 Å². The summed E-state index contributed by atoms with van der Waals surface area (Å²) >= 11 is 0. The summed E-state index contributed by atoms with van der Waals surface area (Å²) in [4.78, 5) is 12.2. The lowest BCUT2D eigenvalue weighted by Crippen LogP contribution is -2.24. The molecule has 0 amide bonds. The largest absolute Gasteiger partial charge is 0.481 e. The molecule has 3 rings (SSSR count). The molecule has 2 atom stereocenters. The Morgan fingerprint density at radius 1 is 1.08 bits per heavy atom. The summed E-state index contributed by atoms with van der Waals surface area (Å²) in [6.45, 7) is 8.15. The van der Waals surface area contributed by atoms with Crippen molar-refractivity contribution in [2.75, 3.05) is 0 Å². The minimum Gasteiger partial charge on any atom is -0.481 e. The molecule has 0 heterocycles. The van der Waals surface area contributed by atoms with Gasteiger partial charge in [0.1, 0.15) is 11.5 Å². The molecule has 26 heavy (non-hydrogen) atoms. The Morgan fingerprint density at radius 3 is 2.35 bits per heavy atom. The van der Waals surface area contributed by atoms with Crippen molar-refractivity contribution in [1.82, 2.24) is 0 Å². The van der Waals surface area contributed by atoms with Crippen LogP contribution in [0.4, 0.5) is 0 Å². The summed E-state index contributed by atoms with van der Waals surface area (Å²) in [5.74, 6) is 0.814. The van der Waals surface area contributed by atoms with E-state index in [-0.39, 0.29) is 11.3 Å². The number of para-hydroxylation sites is 1. The predicted molar refractivity (Wildman–Crippen MR) is 103 cm³/mol. The van der Waals surface area contributed by atoms with Gasteiger partial charge in [-0.05, 0) is 55.5 Å². The van der Waals surface area contributed by atoms with E-state index in [4.69, 9.17) is 4.74 Å². The van der Waals surface area contributed by atoms with Crippen molar-refractivity contribution >= 4 is 5.97 Å². The lowest BCUT2D eigenvalue weighted by atomic mass is 9.88. The van der Waals surface area contributed by atoms with E-state index in [2.05, 4.69) is 19.9 Å². The standard InChI is InChI=1S/C23H26O3/c1-16(2)13-20-22(3,4)23(20,21(24)25)15-17-9-8-12-19(14-17)26-18-10-6-5-7-11-18/h5-14,20H,15H2,1-4H3,(H,24,25)/t20?,23-/m0/s1. The second-order valence-electron chi connectivity index (χ2n) is 7.96. The van der Waals surface area contributed by atoms with Crippen LogP contribution in [-0.4, -0.2) is 11.1 Å². The van der Waals surface area contributed by atoms with E-state index < -0.39 is 11.4 Å². The lowest BCUT2D eigenvalue weighted by molar-refractivity contribution is -0.145. The monoisotopic (exact) mass is 350 g/mol. The van der Waals surface area contributed by atoms with Gasteiger partial charge >= 0.3 is 5.97 Å². The molecule has 1 N–H and O–H groups in total. The average molecular weight is 350 g/mol. The third kappa shape index (κ3) is 3.14. The van der Waals surface area contributed by atoms with Crippen LogP contribution in [0.15, 0.2) is 66.2 Å². The van der Waals surface area contributed by atoms with Gasteiger partial charge in [-0.2, -0.15) is 0 Å². The molecular formula is C23H26O3. The number of carboxylic acid groups (broad SMARTS) is 1. The number of allylic oxidation sites excluding steroid dienone is 2. The number of benzene rings is 2. The Labute approximate surface area is 155 Å². The normalized spacial score (nSPS) is 23.2. The van der Waals surface area contributed by atoms with Gasteiger partial charge in [-0.3, -0.25) is 4.79 Å². The van der Waals surface area contributed by atoms with Gasteiger partial charge in [0.2, 0.25) is 0 Å². The first-order chi connectivity index (χ1) is 12.3. The molecule has 1 aliphatic carbocycles. The van der Waals surface area contributed by atoms with E-state index >= 15 is 0 Å². The second-order valence-corrected chi connectivity index (χ2v) is 7.96. The van der Waals surface area contributed by atoms with Crippen LogP contribution in [0, 0.1) is 16.7 Å². The van der Waals surface area contributed by atoms with Crippen molar-refractivity contribution in [2.45, 2.75) is 34.1 Å². The summed E-state index contributed by atoms with van der Waals surface area (Å²) in [5.41, 5.74) is 1.10. The lowest BCUT2D eigenvalue weighted by Gasteiger charge is -2.16. The van der Waals surface area contributed by atoms with Crippen LogP contribution in [-0.2, 0) is 11.2 Å². The van der Waals surface area contributed by atoms with Crippen molar-refractivity contribution < 1.29 is 14.6 Å². The fourth-order valence-electron chi connectivity index (χ4n) is 4.07. The summed E-state index contributed by atoms with van der Waals surface area (Å²) in [6.07, 6.45) is 2.61. The highest BCUT2D eigenvalue weighted by atomic mass is 16.5. The molecule has 0 aliphatic heterocycles. The van der Waals surface area contributed by atoms with Crippen molar-refractivity contribution in [3.05, 3.63) is 71.8 Å². The fraction of sp³-hybridized carbons (Fsp3) is 0.348. The Kier molecular flexibility index (Phi) is 4.66. The highest BCUT2D eigenvalue weighted by Gasteiger charge is 2.74. The van der Waals surface area contributed by atoms with Gasteiger partial charge < -0.3 is 9.84 Å². The Balaban J connectivity index is 1.87. The maximum absolute atomic E-state index is 12.2. The van der Waals surface area contributed by atoms with Gasteiger partial charge in [0, 0.05) is 5.92 Å². The quantitative estimate of drug-likeness (QED) is 0.678. The van der Waals surface area contributed by atoms with Crippen molar-refractivity contribution in [2.24, 2.45) is 16.7 Å². The Hall–Kier alpha value is -2.55. The minimum atomic E-state index is -0.768. The zero-order chi connectivity index (χ0) is 18.9. The minimum absolute atomic E-state index is 0.0381. The second kappa shape index (κ2) is 6.64. The molecule has 1 fully saturated rings. The van der Waals surface area contributed by atoms with Crippen LogP contribution in [0.3, 0.4) is 0 Å². The van der Waals surface area contributed by atoms with Gasteiger partial charge in [-0.1, -0.05) is 55.8 Å². The van der Waals surface area contributed by atoms with E-state index in [0.717, 1.165) is 22.6 Å². The number of rotatable bonds is 6. The summed E-state index contributed by atoms with van der Waals surface area (Å²) in [7, 11) is 0. The molecule has 2 aromatic carbocycles. The molecule has 0 bridgehead atoms. The van der Waals surface area contributed by atoms with E-state index in [1.165, 1.54) is 0 Å². The number of carboxylic acids is 1. The molecule has 1 saturated carbocycles. The van der Waals surface area contributed by atoms with Crippen LogP contribution in [0.25, 0.3) is 0 Å². The molecule has 3 heteroatoms. The van der Waals surface area contributed by atoms with Crippen molar-refractivity contribution in [3.8, 4) is 11.5 Å². The molecule has 136 valence electrons. The molecule has 0 saturated heterocycles. The smallest absolute Gasteiger partial charge is 0.311 e. The van der Waals surface area contributed by atoms with E-state index in [1.54, 1.807) is 0 Å². The Bertz CT molecular complexity index is 832. The van der Waals surface area contributed by atoms with Crippen LogP contribution in [0.2, 0.25) is 0 Å². The molecular weight excluding hydrogens is 324 g/mol. The highest BCUT2D eigenvalue weighted by Crippen LogP contribution is 2.71.